The zero-order valence-corrected chi connectivity index (χ0v) is 11.3. The fourth-order valence-electron chi connectivity index (χ4n) is 1.57. The van der Waals surface area contributed by atoms with Crippen molar-refractivity contribution in [3.8, 4) is 0 Å². The minimum Gasteiger partial charge on any atom is -0.320 e. The number of hydrogen-bond donors (Lipinski definition) is 1. The summed E-state index contributed by atoms with van der Waals surface area (Å²) in [6.07, 6.45) is 0. The predicted molar refractivity (Wildman–Crippen MR) is 71.5 cm³/mol. The Morgan fingerprint density at radius 3 is 2.59 bits per heavy atom. The number of nitrogens with two attached hydrogens (primary N) is 1. The zero-order chi connectivity index (χ0) is 12.6. The van der Waals surface area contributed by atoms with Gasteiger partial charge in [-0.25, -0.2) is 4.39 Å². The van der Waals surface area contributed by atoms with Crippen molar-refractivity contribution in [3.05, 3.63) is 55.4 Å². The van der Waals surface area contributed by atoms with Crippen LogP contribution in [0.3, 0.4) is 0 Å². The summed E-state index contributed by atoms with van der Waals surface area (Å²) in [6.45, 7) is 1.68. The van der Waals surface area contributed by atoms with Gasteiger partial charge in [0, 0.05) is 9.90 Å². The molecule has 0 aliphatic carbocycles. The highest BCUT2D eigenvalue weighted by Crippen LogP contribution is 2.33. The summed E-state index contributed by atoms with van der Waals surface area (Å²) in [6, 6.07) is 6.23. The van der Waals surface area contributed by atoms with Crippen molar-refractivity contribution in [2.24, 2.45) is 5.73 Å². The normalized spacial score (nSPS) is 12.8. The van der Waals surface area contributed by atoms with Crippen molar-refractivity contribution in [1.82, 2.24) is 0 Å². The van der Waals surface area contributed by atoms with Crippen LogP contribution < -0.4 is 5.73 Å². The highest BCUT2D eigenvalue weighted by Gasteiger charge is 2.16. The third kappa shape index (κ3) is 2.63. The van der Waals surface area contributed by atoms with Crippen LogP contribution in [0.1, 0.15) is 22.0 Å². The van der Waals surface area contributed by atoms with Crippen LogP contribution in [0, 0.1) is 12.7 Å². The second kappa shape index (κ2) is 4.94. The average molecular weight is 290 g/mol. The van der Waals surface area contributed by atoms with E-state index in [1.54, 1.807) is 19.1 Å². The predicted octanol–water partition coefficient (Wildman–Crippen LogP) is 4.55. The number of rotatable bonds is 2. The van der Waals surface area contributed by atoms with E-state index in [-0.39, 0.29) is 11.9 Å². The average Bonchev–Trinajstić information content (AvgIpc) is 2.69. The topological polar surface area (TPSA) is 26.0 Å². The van der Waals surface area contributed by atoms with Crippen molar-refractivity contribution in [3.63, 3.8) is 0 Å². The van der Waals surface area contributed by atoms with E-state index < -0.39 is 0 Å². The molecular weight excluding hydrogens is 280 g/mol. The molecule has 1 heterocycles. The molecule has 1 aromatic heterocycles. The van der Waals surface area contributed by atoms with E-state index in [2.05, 4.69) is 0 Å². The maximum Gasteiger partial charge on any atom is 0.127 e. The van der Waals surface area contributed by atoms with Crippen LogP contribution in [0.2, 0.25) is 9.36 Å². The van der Waals surface area contributed by atoms with E-state index in [1.807, 2.05) is 6.07 Å². The number of halogens is 3. The SMILES string of the molecule is Cc1cc(C(N)c2ccc(Cl)s2)c(Cl)cc1F. The Morgan fingerprint density at radius 2 is 2.00 bits per heavy atom. The van der Waals surface area contributed by atoms with Gasteiger partial charge in [-0.1, -0.05) is 23.2 Å². The van der Waals surface area contributed by atoms with Gasteiger partial charge in [0.15, 0.2) is 0 Å². The first-order valence-electron chi connectivity index (χ1n) is 4.95. The fraction of sp³-hybridized carbons (Fsp3) is 0.167. The second-order valence-electron chi connectivity index (χ2n) is 3.74. The molecule has 17 heavy (non-hydrogen) atoms. The van der Waals surface area contributed by atoms with Crippen LogP contribution in [-0.4, -0.2) is 0 Å². The lowest BCUT2D eigenvalue weighted by molar-refractivity contribution is 0.617. The monoisotopic (exact) mass is 289 g/mol. The smallest absolute Gasteiger partial charge is 0.127 e. The molecule has 0 aliphatic rings. The van der Waals surface area contributed by atoms with Gasteiger partial charge in [-0.15, -0.1) is 11.3 Å². The second-order valence-corrected chi connectivity index (χ2v) is 5.90. The van der Waals surface area contributed by atoms with Gasteiger partial charge in [-0.05, 0) is 42.3 Å². The molecule has 0 radical (unpaired) electrons. The van der Waals surface area contributed by atoms with Crippen molar-refractivity contribution >= 4 is 34.5 Å². The standard InChI is InChI=1S/C12H10Cl2FNS/c1-6-4-7(8(13)5-9(6)15)12(16)10-2-3-11(14)17-10/h2-5,12H,16H2,1H3. The molecule has 1 nitrogen and oxygen atoms in total. The third-order valence-corrected chi connectivity index (χ3v) is 4.16. The van der Waals surface area contributed by atoms with E-state index in [0.717, 1.165) is 4.88 Å². The highest BCUT2D eigenvalue weighted by molar-refractivity contribution is 7.16. The summed E-state index contributed by atoms with van der Waals surface area (Å²) >= 11 is 13.3. The van der Waals surface area contributed by atoms with Crippen molar-refractivity contribution in [2.45, 2.75) is 13.0 Å². The quantitative estimate of drug-likeness (QED) is 0.862. The molecule has 2 N–H and O–H groups in total. The van der Waals surface area contributed by atoms with Gasteiger partial charge in [-0.2, -0.15) is 0 Å². The lowest BCUT2D eigenvalue weighted by Gasteiger charge is -2.13. The maximum absolute atomic E-state index is 13.3. The summed E-state index contributed by atoms with van der Waals surface area (Å²) in [7, 11) is 0. The van der Waals surface area contributed by atoms with Crippen molar-refractivity contribution in [2.75, 3.05) is 0 Å². The van der Waals surface area contributed by atoms with Crippen LogP contribution in [0.15, 0.2) is 24.3 Å². The Balaban J connectivity index is 2.43. The van der Waals surface area contributed by atoms with Gasteiger partial charge >= 0.3 is 0 Å². The Morgan fingerprint density at radius 1 is 1.29 bits per heavy atom. The summed E-state index contributed by atoms with van der Waals surface area (Å²) in [4.78, 5) is 0.905. The van der Waals surface area contributed by atoms with Crippen LogP contribution >= 0.6 is 34.5 Å². The molecule has 1 unspecified atom stereocenters. The summed E-state index contributed by atoms with van der Waals surface area (Å²) in [5, 5.41) is 0.338. The molecule has 0 amide bonds. The molecule has 90 valence electrons. The van der Waals surface area contributed by atoms with Crippen molar-refractivity contribution in [1.29, 1.82) is 0 Å². The molecule has 0 saturated carbocycles. The highest BCUT2D eigenvalue weighted by atomic mass is 35.5. The third-order valence-electron chi connectivity index (χ3n) is 2.51. The number of hydrogen-bond acceptors (Lipinski definition) is 2. The van der Waals surface area contributed by atoms with Gasteiger partial charge < -0.3 is 5.73 Å². The molecule has 2 rings (SSSR count). The maximum atomic E-state index is 13.3. The van der Waals surface area contributed by atoms with E-state index >= 15 is 0 Å². The minimum atomic E-state index is -0.376. The number of thiophene rings is 1. The molecule has 0 aliphatic heterocycles. The van der Waals surface area contributed by atoms with Gasteiger partial charge in [0.1, 0.15) is 5.82 Å². The zero-order valence-electron chi connectivity index (χ0n) is 9.01. The Kier molecular flexibility index (Phi) is 3.73. The first kappa shape index (κ1) is 12.8. The van der Waals surface area contributed by atoms with Crippen LogP contribution in [-0.2, 0) is 0 Å². The minimum absolute atomic E-state index is 0.324. The molecule has 1 atom stereocenters. The van der Waals surface area contributed by atoms with Gasteiger partial charge in [-0.3, -0.25) is 0 Å². The molecular formula is C12H10Cl2FNS. The fourth-order valence-corrected chi connectivity index (χ4v) is 2.92. The lowest BCUT2D eigenvalue weighted by Crippen LogP contribution is -2.11. The molecule has 2 aromatic rings. The first-order valence-corrected chi connectivity index (χ1v) is 6.52. The molecule has 5 heteroatoms. The summed E-state index contributed by atoms with van der Waals surface area (Å²) < 4.78 is 14.0. The molecule has 1 aromatic carbocycles. The van der Waals surface area contributed by atoms with E-state index in [9.17, 15) is 4.39 Å². The van der Waals surface area contributed by atoms with E-state index in [4.69, 9.17) is 28.9 Å². The largest absolute Gasteiger partial charge is 0.320 e. The van der Waals surface area contributed by atoms with Gasteiger partial charge in [0.25, 0.3) is 0 Å². The summed E-state index contributed by atoms with van der Waals surface area (Å²) in [5.41, 5.74) is 7.34. The van der Waals surface area contributed by atoms with Gasteiger partial charge in [0.2, 0.25) is 0 Å². The number of aryl methyl sites for hydroxylation is 1. The molecule has 0 saturated heterocycles. The number of benzene rings is 1. The van der Waals surface area contributed by atoms with Crippen molar-refractivity contribution < 1.29 is 4.39 Å². The molecule has 0 spiro atoms. The van der Waals surface area contributed by atoms with Crippen LogP contribution in [0.25, 0.3) is 0 Å². The summed E-state index contributed by atoms with van der Waals surface area (Å²) in [5.74, 6) is -0.324. The lowest BCUT2D eigenvalue weighted by atomic mass is 10.0. The Hall–Kier alpha value is -0.610. The van der Waals surface area contributed by atoms with E-state index in [0.29, 0.717) is 20.5 Å². The Bertz CT molecular complexity index is 553. The molecule has 0 fully saturated rings. The van der Waals surface area contributed by atoms with Crippen LogP contribution in [0.4, 0.5) is 4.39 Å². The van der Waals surface area contributed by atoms with Crippen LogP contribution in [0.5, 0.6) is 0 Å². The first-order chi connectivity index (χ1) is 7.99. The van der Waals surface area contributed by atoms with Gasteiger partial charge in [0.05, 0.1) is 10.4 Å². The Labute approximate surface area is 113 Å². The van der Waals surface area contributed by atoms with E-state index in [1.165, 1.54) is 17.4 Å². The molecule has 0 bridgehead atoms.